The van der Waals surface area contributed by atoms with Gasteiger partial charge in [0.05, 0.1) is 0 Å². The van der Waals surface area contributed by atoms with Crippen LogP contribution in [0.4, 0.5) is 0 Å². The van der Waals surface area contributed by atoms with E-state index in [1.54, 1.807) is 19.4 Å². The summed E-state index contributed by atoms with van der Waals surface area (Å²) in [5.41, 5.74) is 3.92. The van der Waals surface area contributed by atoms with E-state index in [2.05, 4.69) is 34.3 Å². The van der Waals surface area contributed by atoms with Crippen molar-refractivity contribution in [3.63, 3.8) is 0 Å². The molecule has 0 unspecified atom stereocenters. The molecule has 0 N–H and O–H groups in total. The molecule has 0 saturated carbocycles. The minimum absolute atomic E-state index is 1.18. The number of hydrogen-bond acceptors (Lipinski definition) is 0. The van der Waals surface area contributed by atoms with Crippen LogP contribution < -0.4 is 0 Å². The van der Waals surface area contributed by atoms with Crippen molar-refractivity contribution in [1.29, 1.82) is 0 Å². The van der Waals surface area contributed by atoms with Gasteiger partial charge in [-0.25, -0.2) is 0 Å². The van der Waals surface area contributed by atoms with Gasteiger partial charge in [0.1, 0.15) is 0 Å². The Labute approximate surface area is 74.4 Å². The van der Waals surface area contributed by atoms with Crippen molar-refractivity contribution in [2.24, 2.45) is 0 Å². The topological polar surface area (TPSA) is 0 Å². The van der Waals surface area contributed by atoms with Crippen LogP contribution in [-0.4, -0.2) is 3.90 Å². The van der Waals surface area contributed by atoms with Crippen molar-refractivity contribution in [3.8, 4) is 0 Å². The third kappa shape index (κ3) is 2.75. The quantitative estimate of drug-likeness (QED) is 0.688. The zero-order valence-electron chi connectivity index (χ0n) is 7.12. The van der Waals surface area contributed by atoms with E-state index in [0.29, 0.717) is 0 Å². The van der Waals surface area contributed by atoms with Gasteiger partial charge in [0.15, 0.2) is 0 Å². The molecular weight excluding hydrogens is 292 g/mol. The van der Waals surface area contributed by atoms with Gasteiger partial charge in [0, 0.05) is 0 Å². The van der Waals surface area contributed by atoms with Crippen molar-refractivity contribution >= 4 is 3.90 Å². The molecule has 0 nitrogen and oxygen atoms in total. The zero-order chi connectivity index (χ0) is 8.31. The summed E-state index contributed by atoms with van der Waals surface area (Å²) in [6, 6.07) is 0. The number of hydrogen-bond donors (Lipinski definition) is 0. The fourth-order valence-corrected chi connectivity index (χ4v) is 1.13. The molecule has 0 amide bonds. The molecule has 1 heteroatoms. The molecule has 0 atom stereocenters. The van der Waals surface area contributed by atoms with E-state index >= 15 is 0 Å². The standard InChI is InChI=1S/C9H14.W/c1-6-8(4)9(5)7(2)3;/h2H2,1,3-5H3;/b9-8-;. The first-order chi connectivity index (χ1) is 4.46. The molecule has 0 bridgehead atoms. The summed E-state index contributed by atoms with van der Waals surface area (Å²) in [4.78, 5) is 0. The van der Waals surface area contributed by atoms with Crippen molar-refractivity contribution in [3.05, 3.63) is 23.3 Å². The fraction of sp³-hybridized carbons (Fsp3) is 0.444. The number of allylic oxidation sites excluding steroid dienone is 3. The molecule has 0 aromatic heterocycles. The predicted molar refractivity (Wildman–Crippen MR) is 43.9 cm³/mol. The van der Waals surface area contributed by atoms with Crippen LogP contribution in [0.25, 0.3) is 0 Å². The SMILES string of the molecule is C=C(C)/C(C)=C(/C)[C](C)=[W]. The third-order valence-corrected chi connectivity index (χ3v) is 2.83. The van der Waals surface area contributed by atoms with E-state index in [4.69, 9.17) is 0 Å². The van der Waals surface area contributed by atoms with Gasteiger partial charge in [0.2, 0.25) is 0 Å². The summed E-state index contributed by atoms with van der Waals surface area (Å²) in [5, 5.41) is 0. The van der Waals surface area contributed by atoms with Crippen molar-refractivity contribution in [1.82, 2.24) is 0 Å². The monoisotopic (exact) mass is 306 g/mol. The minimum atomic E-state index is 1.18. The van der Waals surface area contributed by atoms with E-state index in [9.17, 15) is 0 Å². The molecule has 0 radical (unpaired) electrons. The predicted octanol–water partition coefficient (Wildman–Crippen LogP) is 2.64. The third-order valence-electron chi connectivity index (χ3n) is 1.73. The Kier molecular flexibility index (Phi) is 4.05. The Morgan fingerprint density at radius 2 is 1.40 bits per heavy atom. The van der Waals surface area contributed by atoms with E-state index in [1.165, 1.54) is 20.6 Å². The molecule has 0 rings (SSSR count). The molecule has 56 valence electrons. The van der Waals surface area contributed by atoms with Crippen LogP contribution in [0, 0.1) is 0 Å². The van der Waals surface area contributed by atoms with Gasteiger partial charge < -0.3 is 0 Å². The van der Waals surface area contributed by atoms with Gasteiger partial charge in [-0.15, -0.1) is 0 Å². The zero-order valence-corrected chi connectivity index (χ0v) is 10.0. The van der Waals surface area contributed by atoms with Gasteiger partial charge in [-0.3, -0.25) is 0 Å². The van der Waals surface area contributed by atoms with Crippen LogP contribution in [-0.2, 0) is 19.4 Å². The van der Waals surface area contributed by atoms with Crippen molar-refractivity contribution in [2.45, 2.75) is 27.7 Å². The van der Waals surface area contributed by atoms with E-state index in [-0.39, 0.29) is 0 Å². The Bertz CT molecular complexity index is 175. The summed E-state index contributed by atoms with van der Waals surface area (Å²) >= 11 is 1.55. The summed E-state index contributed by atoms with van der Waals surface area (Å²) in [7, 11) is 0. The summed E-state index contributed by atoms with van der Waals surface area (Å²) in [6.07, 6.45) is 0. The van der Waals surface area contributed by atoms with E-state index < -0.39 is 0 Å². The molecule has 0 aliphatic carbocycles. The first-order valence-corrected chi connectivity index (χ1v) is 4.77. The molecule has 0 heterocycles. The molecule has 0 aromatic rings. The molecule has 0 saturated heterocycles. The molecular formula is C9H14W. The van der Waals surface area contributed by atoms with E-state index in [0.717, 1.165) is 0 Å². The Morgan fingerprint density at radius 1 is 1.00 bits per heavy atom. The van der Waals surface area contributed by atoms with Crippen LogP contribution in [0.2, 0.25) is 0 Å². The second-order valence-corrected chi connectivity index (χ2v) is 4.79. The van der Waals surface area contributed by atoms with Crippen LogP contribution in [0.3, 0.4) is 0 Å². The van der Waals surface area contributed by atoms with Gasteiger partial charge >= 0.3 is 74.2 Å². The Balaban J connectivity index is 4.67. The van der Waals surface area contributed by atoms with Crippen LogP contribution in [0.15, 0.2) is 23.3 Å². The maximum atomic E-state index is 3.90. The number of rotatable bonds is 2. The summed E-state index contributed by atoms with van der Waals surface area (Å²) < 4.78 is 1.46. The second-order valence-electron chi connectivity index (χ2n) is 2.59. The molecule has 0 aliphatic rings. The Morgan fingerprint density at radius 3 is 1.50 bits per heavy atom. The van der Waals surface area contributed by atoms with Crippen LogP contribution >= 0.6 is 0 Å². The molecule has 0 spiro atoms. The van der Waals surface area contributed by atoms with Crippen molar-refractivity contribution in [2.75, 3.05) is 0 Å². The molecule has 0 fully saturated rings. The molecule has 0 aromatic carbocycles. The Hall–Kier alpha value is 0.0383. The maximum absolute atomic E-state index is 3.90. The van der Waals surface area contributed by atoms with Crippen LogP contribution in [0.1, 0.15) is 27.7 Å². The van der Waals surface area contributed by atoms with Gasteiger partial charge in [-0.1, -0.05) is 0 Å². The summed E-state index contributed by atoms with van der Waals surface area (Å²) in [6.45, 7) is 12.4. The second kappa shape index (κ2) is 4.03. The molecule has 0 aliphatic heterocycles. The first-order valence-electron chi connectivity index (χ1n) is 3.31. The first kappa shape index (κ1) is 10.0. The normalized spacial score (nSPS) is 12.4. The molecule has 10 heavy (non-hydrogen) atoms. The van der Waals surface area contributed by atoms with Gasteiger partial charge in [-0.05, 0) is 0 Å². The summed E-state index contributed by atoms with van der Waals surface area (Å²) in [5.74, 6) is 0. The average Bonchev–Trinajstić information content (AvgIpc) is 1.84. The van der Waals surface area contributed by atoms with Crippen LogP contribution in [0.5, 0.6) is 0 Å². The van der Waals surface area contributed by atoms with Gasteiger partial charge in [-0.2, -0.15) is 0 Å². The average molecular weight is 306 g/mol. The van der Waals surface area contributed by atoms with Gasteiger partial charge in [0.25, 0.3) is 0 Å². The van der Waals surface area contributed by atoms with Crippen molar-refractivity contribution < 1.29 is 19.4 Å². The fourth-order valence-electron chi connectivity index (χ4n) is 0.584. The van der Waals surface area contributed by atoms with E-state index in [1.807, 2.05) is 0 Å².